The quantitative estimate of drug-likeness (QED) is 0.398. The average molecular weight is 198 g/mol. The summed E-state index contributed by atoms with van der Waals surface area (Å²) in [5.74, 6) is -1.69. The number of esters is 1. The maximum absolute atomic E-state index is 11.1. The molecular formula is C10H14O4. The van der Waals surface area contributed by atoms with Gasteiger partial charge < -0.3 is 9.84 Å². The molecule has 0 saturated heterocycles. The van der Waals surface area contributed by atoms with Crippen LogP contribution in [0.5, 0.6) is 0 Å². The molecule has 1 N–H and O–H groups in total. The molecular weight excluding hydrogens is 184 g/mol. The average Bonchev–Trinajstić information content (AvgIpc) is 2.13. The van der Waals surface area contributed by atoms with Crippen LogP contribution in [0.2, 0.25) is 0 Å². The van der Waals surface area contributed by atoms with Crippen LogP contribution in [0.15, 0.2) is 24.8 Å². The van der Waals surface area contributed by atoms with Crippen LogP contribution in [0.4, 0.5) is 0 Å². The van der Waals surface area contributed by atoms with Gasteiger partial charge in [0.05, 0.1) is 5.92 Å². The third kappa shape index (κ3) is 5.99. The van der Waals surface area contributed by atoms with E-state index in [1.54, 1.807) is 6.92 Å². The zero-order valence-corrected chi connectivity index (χ0v) is 8.10. The monoisotopic (exact) mass is 198 g/mol. The number of aliphatic carboxylic acids is 1. The van der Waals surface area contributed by atoms with Crippen LogP contribution in [0.25, 0.3) is 0 Å². The Morgan fingerprint density at radius 2 is 2.21 bits per heavy atom. The summed E-state index contributed by atoms with van der Waals surface area (Å²) in [4.78, 5) is 21.2. The highest BCUT2D eigenvalue weighted by Gasteiger charge is 2.11. The summed E-state index contributed by atoms with van der Waals surface area (Å²) in [7, 11) is 0. The molecule has 4 heteroatoms. The lowest BCUT2D eigenvalue weighted by molar-refractivity contribution is -0.146. The van der Waals surface area contributed by atoms with Crippen molar-refractivity contribution in [1.29, 1.82) is 0 Å². The van der Waals surface area contributed by atoms with Crippen LogP contribution >= 0.6 is 0 Å². The largest absolute Gasteiger partial charge is 0.478 e. The van der Waals surface area contributed by atoms with Gasteiger partial charge in [-0.2, -0.15) is 0 Å². The lowest BCUT2D eigenvalue weighted by Crippen LogP contribution is -2.14. The molecule has 0 aliphatic rings. The smallest absolute Gasteiger partial charge is 0.327 e. The van der Waals surface area contributed by atoms with Gasteiger partial charge in [0.1, 0.15) is 6.61 Å². The molecule has 0 aliphatic heterocycles. The Balaban J connectivity index is 3.83. The number of carbonyl (C=O) groups is 2. The standard InChI is InChI=1S/C10H14O4/c1-3-7-14-10(13)8(2)5-4-6-9(11)12/h3-4,6,8H,1,5,7H2,2H3,(H,11,12). The number of carboxylic acid groups (broad SMARTS) is 1. The Morgan fingerprint density at radius 3 is 2.71 bits per heavy atom. The molecule has 0 rings (SSSR count). The molecule has 0 aromatic heterocycles. The van der Waals surface area contributed by atoms with Crippen molar-refractivity contribution in [3.05, 3.63) is 24.8 Å². The number of rotatable bonds is 6. The summed E-state index contributed by atoms with van der Waals surface area (Å²) in [5, 5.41) is 8.29. The van der Waals surface area contributed by atoms with Crippen molar-refractivity contribution in [3.63, 3.8) is 0 Å². The zero-order valence-electron chi connectivity index (χ0n) is 8.10. The van der Waals surface area contributed by atoms with Crippen LogP contribution in [0.1, 0.15) is 13.3 Å². The van der Waals surface area contributed by atoms with Crippen molar-refractivity contribution in [2.75, 3.05) is 6.61 Å². The molecule has 1 unspecified atom stereocenters. The molecule has 4 nitrogen and oxygen atoms in total. The Labute approximate surface area is 82.9 Å². The second-order valence-corrected chi connectivity index (χ2v) is 2.80. The summed E-state index contributed by atoms with van der Waals surface area (Å²) in [6.45, 7) is 5.27. The van der Waals surface area contributed by atoms with Crippen LogP contribution in [0, 0.1) is 5.92 Å². The van der Waals surface area contributed by atoms with Gasteiger partial charge in [0.15, 0.2) is 0 Å². The van der Waals surface area contributed by atoms with Crippen molar-refractivity contribution in [2.24, 2.45) is 5.92 Å². The highest BCUT2D eigenvalue weighted by molar-refractivity contribution is 5.80. The highest BCUT2D eigenvalue weighted by atomic mass is 16.5. The normalized spacial score (nSPS) is 12.4. The highest BCUT2D eigenvalue weighted by Crippen LogP contribution is 2.05. The third-order valence-corrected chi connectivity index (χ3v) is 1.50. The van der Waals surface area contributed by atoms with Gasteiger partial charge in [-0.05, 0) is 6.42 Å². The van der Waals surface area contributed by atoms with E-state index in [2.05, 4.69) is 6.58 Å². The van der Waals surface area contributed by atoms with Crippen molar-refractivity contribution in [2.45, 2.75) is 13.3 Å². The van der Waals surface area contributed by atoms with Gasteiger partial charge in [-0.15, -0.1) is 0 Å². The Hall–Kier alpha value is -1.58. The minimum absolute atomic E-state index is 0.186. The fourth-order valence-electron chi connectivity index (χ4n) is 0.753. The minimum atomic E-state index is -1.02. The molecule has 0 amide bonds. The summed E-state index contributed by atoms with van der Waals surface area (Å²) in [5.41, 5.74) is 0. The van der Waals surface area contributed by atoms with E-state index in [-0.39, 0.29) is 18.5 Å². The van der Waals surface area contributed by atoms with Gasteiger partial charge >= 0.3 is 11.9 Å². The van der Waals surface area contributed by atoms with Gasteiger partial charge in [-0.25, -0.2) is 4.79 Å². The lowest BCUT2D eigenvalue weighted by Gasteiger charge is -2.06. The van der Waals surface area contributed by atoms with Crippen molar-refractivity contribution >= 4 is 11.9 Å². The molecule has 0 bridgehead atoms. The molecule has 14 heavy (non-hydrogen) atoms. The first-order valence-corrected chi connectivity index (χ1v) is 4.25. The number of carbonyl (C=O) groups excluding carboxylic acids is 1. The fraction of sp³-hybridized carbons (Fsp3) is 0.400. The molecule has 78 valence electrons. The second kappa shape index (κ2) is 6.88. The Morgan fingerprint density at radius 1 is 1.57 bits per heavy atom. The predicted molar refractivity (Wildman–Crippen MR) is 51.7 cm³/mol. The molecule has 0 aromatic carbocycles. The maximum atomic E-state index is 11.1. The van der Waals surface area contributed by atoms with Crippen LogP contribution in [0.3, 0.4) is 0 Å². The molecule has 0 aliphatic carbocycles. The molecule has 0 heterocycles. The van der Waals surface area contributed by atoms with E-state index < -0.39 is 5.97 Å². The number of hydrogen-bond donors (Lipinski definition) is 1. The van der Waals surface area contributed by atoms with Crippen LogP contribution in [-0.2, 0) is 14.3 Å². The van der Waals surface area contributed by atoms with E-state index in [1.165, 1.54) is 12.2 Å². The van der Waals surface area contributed by atoms with Gasteiger partial charge in [0.25, 0.3) is 0 Å². The molecule has 1 atom stereocenters. The number of carboxylic acids is 1. The topological polar surface area (TPSA) is 63.6 Å². The molecule has 0 fully saturated rings. The van der Waals surface area contributed by atoms with Gasteiger partial charge in [0, 0.05) is 6.08 Å². The Bertz CT molecular complexity index is 243. The van der Waals surface area contributed by atoms with E-state index in [9.17, 15) is 9.59 Å². The van der Waals surface area contributed by atoms with Gasteiger partial charge in [0.2, 0.25) is 0 Å². The van der Waals surface area contributed by atoms with Crippen LogP contribution < -0.4 is 0 Å². The zero-order chi connectivity index (χ0) is 11.0. The van der Waals surface area contributed by atoms with E-state index in [0.29, 0.717) is 6.42 Å². The van der Waals surface area contributed by atoms with Gasteiger partial charge in [-0.3, -0.25) is 4.79 Å². The first kappa shape index (κ1) is 12.4. The minimum Gasteiger partial charge on any atom is -0.478 e. The number of ether oxygens (including phenoxy) is 1. The summed E-state index contributed by atoms with van der Waals surface area (Å²) < 4.78 is 4.77. The summed E-state index contributed by atoms with van der Waals surface area (Å²) >= 11 is 0. The second-order valence-electron chi connectivity index (χ2n) is 2.80. The van der Waals surface area contributed by atoms with Crippen molar-refractivity contribution in [1.82, 2.24) is 0 Å². The number of hydrogen-bond acceptors (Lipinski definition) is 3. The van der Waals surface area contributed by atoms with Crippen molar-refractivity contribution in [3.8, 4) is 0 Å². The number of allylic oxidation sites excluding steroid dienone is 1. The SMILES string of the molecule is C=CCOC(=O)C(C)CC=CC(=O)O. The molecule has 0 radical (unpaired) electrons. The maximum Gasteiger partial charge on any atom is 0.327 e. The Kier molecular flexibility index (Phi) is 6.11. The first-order valence-electron chi connectivity index (χ1n) is 4.25. The van der Waals surface area contributed by atoms with Crippen LogP contribution in [-0.4, -0.2) is 23.7 Å². The van der Waals surface area contributed by atoms with Gasteiger partial charge in [-0.1, -0.05) is 25.7 Å². The molecule has 0 spiro atoms. The van der Waals surface area contributed by atoms with Crippen molar-refractivity contribution < 1.29 is 19.4 Å². The molecule has 0 saturated carbocycles. The van der Waals surface area contributed by atoms with E-state index in [1.807, 2.05) is 0 Å². The summed E-state index contributed by atoms with van der Waals surface area (Å²) in [6.07, 6.45) is 4.29. The van der Waals surface area contributed by atoms with E-state index >= 15 is 0 Å². The first-order chi connectivity index (χ1) is 6.57. The summed E-state index contributed by atoms with van der Waals surface area (Å²) in [6, 6.07) is 0. The lowest BCUT2D eigenvalue weighted by atomic mass is 10.1. The fourth-order valence-corrected chi connectivity index (χ4v) is 0.753. The third-order valence-electron chi connectivity index (χ3n) is 1.50. The molecule has 0 aromatic rings. The predicted octanol–water partition coefficient (Wildman–Crippen LogP) is 1.38. The van der Waals surface area contributed by atoms with E-state index in [0.717, 1.165) is 6.08 Å². The van der Waals surface area contributed by atoms with E-state index in [4.69, 9.17) is 9.84 Å².